The van der Waals surface area contributed by atoms with Crippen LogP contribution in [0.25, 0.3) is 0 Å². The molecule has 3 aromatic rings. The van der Waals surface area contributed by atoms with Crippen molar-refractivity contribution in [1.82, 2.24) is 9.88 Å². The largest absolute Gasteiger partial charge is 0.328 e. The van der Waals surface area contributed by atoms with Gasteiger partial charge in [-0.05, 0) is 46.0 Å². The Morgan fingerprint density at radius 2 is 2.05 bits per heavy atom. The van der Waals surface area contributed by atoms with Gasteiger partial charge in [-0.3, -0.25) is 9.78 Å². The van der Waals surface area contributed by atoms with Crippen LogP contribution in [0, 0.1) is 0 Å². The zero-order chi connectivity index (χ0) is 14.5. The zero-order valence-corrected chi connectivity index (χ0v) is 12.9. The van der Waals surface area contributed by atoms with Crippen LogP contribution in [0.2, 0.25) is 0 Å². The van der Waals surface area contributed by atoms with Gasteiger partial charge in [0, 0.05) is 12.7 Å². The summed E-state index contributed by atoms with van der Waals surface area (Å²) < 4.78 is 0. The highest BCUT2D eigenvalue weighted by atomic mass is 32.1. The minimum Gasteiger partial charge on any atom is -0.328 e. The van der Waals surface area contributed by atoms with Crippen LogP contribution in [0.15, 0.2) is 58.7 Å². The quantitative estimate of drug-likeness (QED) is 0.712. The second-order valence-corrected chi connectivity index (χ2v) is 6.32. The third kappa shape index (κ3) is 3.56. The zero-order valence-electron chi connectivity index (χ0n) is 11.3. The van der Waals surface area contributed by atoms with Crippen molar-refractivity contribution in [2.45, 2.75) is 13.1 Å². The first-order valence-corrected chi connectivity index (χ1v) is 8.39. The summed E-state index contributed by atoms with van der Waals surface area (Å²) in [5.41, 5.74) is 2.05. The molecule has 106 valence electrons. The molecule has 0 fully saturated rings. The molecular weight excluding hydrogens is 300 g/mol. The van der Waals surface area contributed by atoms with E-state index in [1.165, 1.54) is 11.3 Å². The molecule has 0 atom stereocenters. The van der Waals surface area contributed by atoms with Crippen molar-refractivity contribution >= 4 is 28.6 Å². The number of hydrogen-bond acceptors (Lipinski definition) is 4. The summed E-state index contributed by atoms with van der Waals surface area (Å²) in [5.74, 6) is 0.0573. The van der Waals surface area contributed by atoms with Crippen LogP contribution in [0.1, 0.15) is 20.9 Å². The number of amides is 1. The van der Waals surface area contributed by atoms with E-state index in [9.17, 15) is 4.79 Å². The predicted molar refractivity (Wildman–Crippen MR) is 86.5 cm³/mol. The fourth-order valence-corrected chi connectivity index (χ4v) is 3.40. The molecule has 0 aliphatic heterocycles. The van der Waals surface area contributed by atoms with Crippen LogP contribution >= 0.6 is 22.7 Å². The van der Waals surface area contributed by atoms with Gasteiger partial charge in [0.2, 0.25) is 0 Å². The summed E-state index contributed by atoms with van der Waals surface area (Å²) >= 11 is 3.12. The Morgan fingerprint density at radius 1 is 1.10 bits per heavy atom. The molecule has 3 aromatic heterocycles. The van der Waals surface area contributed by atoms with Gasteiger partial charge in [0.1, 0.15) is 0 Å². The predicted octanol–water partition coefficient (Wildman–Crippen LogP) is 4.05. The van der Waals surface area contributed by atoms with E-state index in [1.807, 2.05) is 46.0 Å². The Bertz CT molecular complexity index is 678. The molecule has 3 nitrogen and oxygen atoms in total. The standard InChI is InChI=1S/C16H14N2OS2/c19-16(15-5-3-8-21-15)18(10-13-6-9-20-12-13)11-14-4-1-2-7-17-14/h1-9,12H,10-11H2. The average Bonchev–Trinajstić information content (AvgIpc) is 3.20. The molecule has 0 N–H and O–H groups in total. The molecule has 5 heteroatoms. The average molecular weight is 314 g/mol. The molecule has 1 amide bonds. The Labute approximate surface area is 131 Å². The molecule has 0 unspecified atom stereocenters. The van der Waals surface area contributed by atoms with E-state index in [0.717, 1.165) is 16.1 Å². The van der Waals surface area contributed by atoms with Crippen molar-refractivity contribution < 1.29 is 4.79 Å². The molecule has 0 aliphatic rings. The Morgan fingerprint density at radius 3 is 2.71 bits per heavy atom. The summed E-state index contributed by atoms with van der Waals surface area (Å²) in [7, 11) is 0. The van der Waals surface area contributed by atoms with Gasteiger partial charge < -0.3 is 4.90 Å². The van der Waals surface area contributed by atoms with Crippen LogP contribution in [-0.2, 0) is 13.1 Å². The molecule has 0 saturated carbocycles. The van der Waals surface area contributed by atoms with Crippen molar-refractivity contribution in [3.8, 4) is 0 Å². The summed E-state index contributed by atoms with van der Waals surface area (Å²) in [6.07, 6.45) is 1.76. The molecule has 21 heavy (non-hydrogen) atoms. The van der Waals surface area contributed by atoms with Crippen molar-refractivity contribution in [2.24, 2.45) is 0 Å². The second-order valence-electron chi connectivity index (χ2n) is 4.59. The van der Waals surface area contributed by atoms with E-state index >= 15 is 0 Å². The van der Waals surface area contributed by atoms with Crippen molar-refractivity contribution in [1.29, 1.82) is 0 Å². The molecule has 0 saturated heterocycles. The molecule has 0 radical (unpaired) electrons. The summed E-state index contributed by atoms with van der Waals surface area (Å²) in [6, 6.07) is 11.6. The maximum Gasteiger partial charge on any atom is 0.264 e. The van der Waals surface area contributed by atoms with Crippen LogP contribution in [0.5, 0.6) is 0 Å². The first kappa shape index (κ1) is 14.0. The van der Waals surface area contributed by atoms with E-state index in [1.54, 1.807) is 17.5 Å². The maximum absolute atomic E-state index is 12.6. The fraction of sp³-hybridized carbons (Fsp3) is 0.125. The maximum atomic E-state index is 12.6. The van der Waals surface area contributed by atoms with E-state index in [-0.39, 0.29) is 5.91 Å². The fourth-order valence-electron chi connectivity index (χ4n) is 2.05. The number of hydrogen-bond donors (Lipinski definition) is 0. The Kier molecular flexibility index (Phi) is 4.43. The summed E-state index contributed by atoms with van der Waals surface area (Å²) in [6.45, 7) is 1.13. The number of aromatic nitrogens is 1. The molecule has 0 bridgehead atoms. The second kappa shape index (κ2) is 6.65. The highest BCUT2D eigenvalue weighted by Crippen LogP contribution is 2.17. The number of carbonyl (C=O) groups is 1. The van der Waals surface area contributed by atoms with Crippen molar-refractivity contribution in [3.63, 3.8) is 0 Å². The van der Waals surface area contributed by atoms with Gasteiger partial charge in [0.25, 0.3) is 5.91 Å². The highest BCUT2D eigenvalue weighted by Gasteiger charge is 2.18. The molecular formula is C16H14N2OS2. The SMILES string of the molecule is O=C(c1cccs1)N(Cc1ccsc1)Cc1ccccn1. The van der Waals surface area contributed by atoms with E-state index in [2.05, 4.69) is 16.4 Å². The lowest BCUT2D eigenvalue weighted by molar-refractivity contribution is 0.0733. The molecule has 0 aromatic carbocycles. The van der Waals surface area contributed by atoms with Gasteiger partial charge in [0.05, 0.1) is 17.1 Å². The van der Waals surface area contributed by atoms with Gasteiger partial charge in [-0.2, -0.15) is 11.3 Å². The van der Waals surface area contributed by atoms with Gasteiger partial charge in [-0.1, -0.05) is 12.1 Å². The van der Waals surface area contributed by atoms with E-state index in [0.29, 0.717) is 13.1 Å². The molecule has 0 aliphatic carbocycles. The van der Waals surface area contributed by atoms with Crippen LogP contribution in [-0.4, -0.2) is 15.8 Å². The smallest absolute Gasteiger partial charge is 0.264 e. The van der Waals surface area contributed by atoms with Crippen molar-refractivity contribution in [3.05, 3.63) is 74.9 Å². The Hall–Kier alpha value is -1.98. The van der Waals surface area contributed by atoms with Gasteiger partial charge >= 0.3 is 0 Å². The summed E-state index contributed by atoms with van der Waals surface area (Å²) in [5, 5.41) is 6.04. The number of nitrogens with zero attached hydrogens (tertiary/aromatic N) is 2. The first-order chi connectivity index (χ1) is 10.3. The first-order valence-electron chi connectivity index (χ1n) is 6.57. The molecule has 3 heterocycles. The van der Waals surface area contributed by atoms with Gasteiger partial charge in [-0.15, -0.1) is 11.3 Å². The van der Waals surface area contributed by atoms with Gasteiger partial charge in [0.15, 0.2) is 0 Å². The third-order valence-corrected chi connectivity index (χ3v) is 4.64. The van der Waals surface area contributed by atoms with Crippen LogP contribution in [0.4, 0.5) is 0 Å². The topological polar surface area (TPSA) is 33.2 Å². The lowest BCUT2D eigenvalue weighted by atomic mass is 10.2. The van der Waals surface area contributed by atoms with E-state index in [4.69, 9.17) is 0 Å². The molecule has 3 rings (SSSR count). The number of pyridine rings is 1. The van der Waals surface area contributed by atoms with Crippen LogP contribution < -0.4 is 0 Å². The number of carbonyl (C=O) groups excluding carboxylic acids is 1. The number of rotatable bonds is 5. The molecule has 0 spiro atoms. The lowest BCUT2D eigenvalue weighted by Gasteiger charge is -2.21. The Balaban J connectivity index is 1.82. The minimum absolute atomic E-state index is 0.0573. The van der Waals surface area contributed by atoms with Crippen molar-refractivity contribution in [2.75, 3.05) is 0 Å². The third-order valence-electron chi connectivity index (χ3n) is 3.05. The summed E-state index contributed by atoms with van der Waals surface area (Å²) in [4.78, 5) is 19.6. The highest BCUT2D eigenvalue weighted by molar-refractivity contribution is 7.12. The number of thiophene rings is 2. The minimum atomic E-state index is 0.0573. The normalized spacial score (nSPS) is 10.5. The lowest BCUT2D eigenvalue weighted by Crippen LogP contribution is -2.29. The monoisotopic (exact) mass is 314 g/mol. The van der Waals surface area contributed by atoms with E-state index < -0.39 is 0 Å². The van der Waals surface area contributed by atoms with Crippen LogP contribution in [0.3, 0.4) is 0 Å². The van der Waals surface area contributed by atoms with Gasteiger partial charge in [-0.25, -0.2) is 0 Å².